The Morgan fingerprint density at radius 3 is 2.57 bits per heavy atom. The topological polar surface area (TPSA) is 86.5 Å². The number of nitrogens with zero attached hydrogens (tertiary/aromatic N) is 1. The minimum atomic E-state index is -4.27. The predicted octanol–water partition coefficient (Wildman–Crippen LogP) is 2.81. The number of nitro benzene ring substituents is 1. The summed E-state index contributed by atoms with van der Waals surface area (Å²) in [5, 5.41) is 10.6. The van der Waals surface area contributed by atoms with Crippen LogP contribution in [0.2, 0.25) is 0 Å². The van der Waals surface area contributed by atoms with Crippen molar-refractivity contribution < 1.29 is 21.9 Å². The highest BCUT2D eigenvalue weighted by Crippen LogP contribution is 2.25. The Labute approximate surface area is 120 Å². The first-order valence-corrected chi connectivity index (χ1v) is 7.15. The van der Waals surface area contributed by atoms with E-state index in [-0.39, 0.29) is 16.3 Å². The molecule has 0 aromatic heterocycles. The van der Waals surface area contributed by atoms with Crippen LogP contribution in [-0.4, -0.2) is 13.3 Å². The van der Waals surface area contributed by atoms with E-state index in [4.69, 9.17) is 4.18 Å². The number of halogens is 1. The van der Waals surface area contributed by atoms with Gasteiger partial charge in [-0.25, -0.2) is 4.39 Å². The van der Waals surface area contributed by atoms with Gasteiger partial charge in [-0.05, 0) is 30.7 Å². The standard InChI is InChI=1S/C13H10FNO5S/c1-9-5-6-10(14)7-13(9)21(18,19)20-12-4-2-3-11(8-12)15(16)17/h2-8H,1H3. The Bertz CT molecular complexity index is 804. The van der Waals surface area contributed by atoms with Gasteiger partial charge in [-0.2, -0.15) is 8.42 Å². The van der Waals surface area contributed by atoms with Crippen LogP contribution in [0.25, 0.3) is 0 Å². The quantitative estimate of drug-likeness (QED) is 0.492. The van der Waals surface area contributed by atoms with E-state index in [0.717, 1.165) is 18.2 Å². The average molecular weight is 311 g/mol. The molecule has 2 aromatic carbocycles. The predicted molar refractivity (Wildman–Crippen MR) is 72.0 cm³/mol. The van der Waals surface area contributed by atoms with E-state index in [1.165, 1.54) is 31.2 Å². The monoisotopic (exact) mass is 311 g/mol. The summed E-state index contributed by atoms with van der Waals surface area (Å²) in [4.78, 5) is 9.64. The molecule has 0 fully saturated rings. The maximum atomic E-state index is 13.2. The van der Waals surface area contributed by atoms with Gasteiger partial charge in [-0.15, -0.1) is 0 Å². The second-order valence-electron chi connectivity index (χ2n) is 4.20. The van der Waals surface area contributed by atoms with Crippen molar-refractivity contribution in [1.29, 1.82) is 0 Å². The molecule has 0 amide bonds. The molecule has 21 heavy (non-hydrogen) atoms. The summed E-state index contributed by atoms with van der Waals surface area (Å²) >= 11 is 0. The minimum absolute atomic E-state index is 0.215. The summed E-state index contributed by atoms with van der Waals surface area (Å²) in [6, 6.07) is 8.00. The zero-order valence-electron chi connectivity index (χ0n) is 10.8. The second-order valence-corrected chi connectivity index (χ2v) is 5.72. The SMILES string of the molecule is Cc1ccc(F)cc1S(=O)(=O)Oc1cccc([N+](=O)[O-])c1. The highest BCUT2D eigenvalue weighted by Gasteiger charge is 2.21. The van der Waals surface area contributed by atoms with Crippen LogP contribution in [0.3, 0.4) is 0 Å². The molecule has 0 radical (unpaired) electrons. The molecule has 0 saturated carbocycles. The molecule has 0 heterocycles. The lowest BCUT2D eigenvalue weighted by Crippen LogP contribution is -2.11. The first kappa shape index (κ1) is 14.9. The van der Waals surface area contributed by atoms with Gasteiger partial charge in [0.2, 0.25) is 0 Å². The fourth-order valence-electron chi connectivity index (χ4n) is 1.66. The summed E-state index contributed by atoms with van der Waals surface area (Å²) in [7, 11) is -4.27. The highest BCUT2D eigenvalue weighted by atomic mass is 32.2. The van der Waals surface area contributed by atoms with Crippen LogP contribution in [0.1, 0.15) is 5.56 Å². The molecule has 0 aliphatic carbocycles. The van der Waals surface area contributed by atoms with Crippen LogP contribution in [0.5, 0.6) is 5.75 Å². The molecule has 0 unspecified atom stereocenters. The molecule has 0 saturated heterocycles. The Hall–Kier alpha value is -2.48. The zero-order chi connectivity index (χ0) is 15.6. The summed E-state index contributed by atoms with van der Waals surface area (Å²) in [5.74, 6) is -0.935. The van der Waals surface area contributed by atoms with Gasteiger partial charge in [0, 0.05) is 6.07 Å². The number of aryl methyl sites for hydroxylation is 1. The summed E-state index contributed by atoms with van der Waals surface area (Å²) in [5.41, 5.74) is 0.000458. The van der Waals surface area contributed by atoms with Gasteiger partial charge < -0.3 is 4.18 Å². The lowest BCUT2D eigenvalue weighted by Gasteiger charge is -2.09. The Balaban J connectivity index is 2.40. The van der Waals surface area contributed by atoms with E-state index in [2.05, 4.69) is 0 Å². The van der Waals surface area contributed by atoms with Gasteiger partial charge in [0.05, 0.1) is 11.0 Å². The Kier molecular flexibility index (Phi) is 3.90. The van der Waals surface area contributed by atoms with Crippen molar-refractivity contribution in [2.75, 3.05) is 0 Å². The fourth-order valence-corrected chi connectivity index (χ4v) is 2.83. The lowest BCUT2D eigenvalue weighted by atomic mass is 10.2. The third-order valence-corrected chi connectivity index (χ3v) is 4.04. The summed E-state index contributed by atoms with van der Waals surface area (Å²) in [6.45, 7) is 1.49. The maximum absolute atomic E-state index is 13.2. The van der Waals surface area contributed by atoms with Crippen LogP contribution in [0, 0.1) is 22.9 Å². The molecular weight excluding hydrogens is 301 g/mol. The van der Waals surface area contributed by atoms with Gasteiger partial charge >= 0.3 is 10.1 Å². The van der Waals surface area contributed by atoms with E-state index >= 15 is 0 Å². The number of rotatable bonds is 4. The van der Waals surface area contributed by atoms with Crippen LogP contribution in [0.4, 0.5) is 10.1 Å². The molecule has 110 valence electrons. The normalized spacial score (nSPS) is 11.1. The lowest BCUT2D eigenvalue weighted by molar-refractivity contribution is -0.384. The van der Waals surface area contributed by atoms with Crippen LogP contribution in [-0.2, 0) is 10.1 Å². The number of hydrogen-bond acceptors (Lipinski definition) is 5. The van der Waals surface area contributed by atoms with Crippen LogP contribution < -0.4 is 4.18 Å². The van der Waals surface area contributed by atoms with Gasteiger partial charge in [-0.1, -0.05) is 12.1 Å². The summed E-state index contributed by atoms with van der Waals surface area (Å²) in [6.07, 6.45) is 0. The van der Waals surface area contributed by atoms with Crippen molar-refractivity contribution in [3.8, 4) is 5.75 Å². The Morgan fingerprint density at radius 1 is 1.19 bits per heavy atom. The molecule has 0 bridgehead atoms. The zero-order valence-corrected chi connectivity index (χ0v) is 11.6. The highest BCUT2D eigenvalue weighted by molar-refractivity contribution is 7.87. The molecular formula is C13H10FNO5S. The van der Waals surface area contributed by atoms with Crippen molar-refractivity contribution >= 4 is 15.8 Å². The molecule has 6 nitrogen and oxygen atoms in total. The van der Waals surface area contributed by atoms with Crippen molar-refractivity contribution in [3.05, 3.63) is 64.0 Å². The van der Waals surface area contributed by atoms with Crippen molar-refractivity contribution in [3.63, 3.8) is 0 Å². The van der Waals surface area contributed by atoms with E-state index in [9.17, 15) is 22.9 Å². The molecule has 0 aliphatic rings. The maximum Gasteiger partial charge on any atom is 0.339 e. The molecule has 0 atom stereocenters. The molecule has 2 aromatic rings. The number of non-ortho nitro benzene ring substituents is 1. The molecule has 0 spiro atoms. The van der Waals surface area contributed by atoms with Gasteiger partial charge in [-0.3, -0.25) is 10.1 Å². The van der Waals surface area contributed by atoms with E-state index in [0.29, 0.717) is 5.56 Å². The van der Waals surface area contributed by atoms with E-state index < -0.39 is 20.9 Å². The van der Waals surface area contributed by atoms with Crippen molar-refractivity contribution in [1.82, 2.24) is 0 Å². The average Bonchev–Trinajstić information content (AvgIpc) is 2.41. The number of benzene rings is 2. The van der Waals surface area contributed by atoms with Gasteiger partial charge in [0.1, 0.15) is 16.5 Å². The van der Waals surface area contributed by atoms with Gasteiger partial charge in [0.15, 0.2) is 0 Å². The molecule has 0 N–H and O–H groups in total. The Morgan fingerprint density at radius 2 is 1.90 bits per heavy atom. The number of nitro groups is 1. The van der Waals surface area contributed by atoms with E-state index in [1.54, 1.807) is 0 Å². The molecule has 2 rings (SSSR count). The third-order valence-electron chi connectivity index (χ3n) is 2.65. The van der Waals surface area contributed by atoms with Crippen LogP contribution in [0.15, 0.2) is 47.4 Å². The van der Waals surface area contributed by atoms with Crippen molar-refractivity contribution in [2.24, 2.45) is 0 Å². The number of hydrogen-bond donors (Lipinski definition) is 0. The second kappa shape index (κ2) is 5.49. The largest absolute Gasteiger partial charge is 0.379 e. The minimum Gasteiger partial charge on any atom is -0.379 e. The third kappa shape index (κ3) is 3.34. The first-order chi connectivity index (χ1) is 9.79. The fraction of sp³-hybridized carbons (Fsp3) is 0.0769. The smallest absolute Gasteiger partial charge is 0.339 e. The summed E-state index contributed by atoms with van der Waals surface area (Å²) < 4.78 is 42.2. The van der Waals surface area contributed by atoms with E-state index in [1.807, 2.05) is 0 Å². The first-order valence-electron chi connectivity index (χ1n) is 5.75. The van der Waals surface area contributed by atoms with Crippen molar-refractivity contribution in [2.45, 2.75) is 11.8 Å². The van der Waals surface area contributed by atoms with Gasteiger partial charge in [0.25, 0.3) is 5.69 Å². The molecule has 8 heteroatoms. The van der Waals surface area contributed by atoms with Crippen LogP contribution >= 0.6 is 0 Å². The molecule has 0 aliphatic heterocycles.